The number of carbonyl (C=O) groups is 3. The van der Waals surface area contributed by atoms with Crippen LogP contribution in [-0.4, -0.2) is 60.5 Å². The maximum absolute atomic E-state index is 12.2. The minimum Gasteiger partial charge on any atom is -0.469 e. The first-order valence-electron chi connectivity index (χ1n) is 7.00. The van der Waals surface area contributed by atoms with Crippen molar-refractivity contribution in [2.24, 2.45) is 0 Å². The number of amides is 2. The number of aromatic nitrogens is 1. The second-order valence-corrected chi connectivity index (χ2v) is 5.31. The zero-order chi connectivity index (χ0) is 16.8. The first-order chi connectivity index (χ1) is 11.0. The highest BCUT2D eigenvalue weighted by Crippen LogP contribution is 2.17. The zero-order valence-electron chi connectivity index (χ0n) is 12.5. The van der Waals surface area contributed by atoms with E-state index < -0.39 is 12.0 Å². The van der Waals surface area contributed by atoms with Crippen LogP contribution < -0.4 is 10.6 Å². The van der Waals surface area contributed by atoms with Crippen LogP contribution in [0.5, 0.6) is 0 Å². The standard InChI is InChI=1S/C14H17ClN4O4/c1-23-12(21)7-10-14(22)17-5-6-19(10)8-11(20)18-9-3-2-4-16-13(9)15/h2-4,10H,5-8H2,1H3,(H,17,22)(H,18,20)/t10-/m0/s1. The molecule has 0 aromatic carbocycles. The Bertz CT molecular complexity index is 610. The lowest BCUT2D eigenvalue weighted by Crippen LogP contribution is -2.57. The molecule has 2 N–H and O–H groups in total. The molecule has 1 aromatic heterocycles. The number of ether oxygens (including phenoxy) is 1. The van der Waals surface area contributed by atoms with Crippen molar-refractivity contribution in [3.8, 4) is 0 Å². The maximum atomic E-state index is 12.2. The number of hydrogen-bond acceptors (Lipinski definition) is 6. The quantitative estimate of drug-likeness (QED) is 0.579. The predicted molar refractivity (Wildman–Crippen MR) is 82.9 cm³/mol. The molecule has 0 bridgehead atoms. The minimum atomic E-state index is -0.730. The van der Waals surface area contributed by atoms with E-state index in [4.69, 9.17) is 11.6 Å². The second kappa shape index (κ2) is 7.89. The normalized spacial score (nSPS) is 18.2. The van der Waals surface area contributed by atoms with E-state index in [1.807, 2.05) is 0 Å². The molecule has 0 spiro atoms. The molecule has 1 saturated heterocycles. The van der Waals surface area contributed by atoms with E-state index >= 15 is 0 Å². The highest BCUT2D eigenvalue weighted by Gasteiger charge is 2.33. The molecule has 8 nitrogen and oxygen atoms in total. The molecule has 0 aliphatic carbocycles. The van der Waals surface area contributed by atoms with E-state index in [0.717, 1.165) is 0 Å². The zero-order valence-corrected chi connectivity index (χ0v) is 13.3. The SMILES string of the molecule is COC(=O)C[C@H]1C(=O)NCCN1CC(=O)Nc1cccnc1Cl. The maximum Gasteiger partial charge on any atom is 0.307 e. The topological polar surface area (TPSA) is 101 Å². The fraction of sp³-hybridized carbons (Fsp3) is 0.429. The van der Waals surface area contributed by atoms with E-state index in [1.165, 1.54) is 13.3 Å². The van der Waals surface area contributed by atoms with Gasteiger partial charge < -0.3 is 15.4 Å². The third kappa shape index (κ3) is 4.64. The molecule has 23 heavy (non-hydrogen) atoms. The predicted octanol–water partition coefficient (Wildman–Crippen LogP) is 0.0370. The molecular formula is C14H17ClN4O4. The lowest BCUT2D eigenvalue weighted by molar-refractivity contribution is -0.146. The van der Waals surface area contributed by atoms with Crippen molar-refractivity contribution >= 4 is 35.1 Å². The van der Waals surface area contributed by atoms with E-state index in [1.54, 1.807) is 17.0 Å². The Labute approximate surface area is 138 Å². The summed E-state index contributed by atoms with van der Waals surface area (Å²) < 4.78 is 4.59. The molecule has 1 aliphatic heterocycles. The van der Waals surface area contributed by atoms with Crippen molar-refractivity contribution in [2.75, 3.05) is 32.1 Å². The number of nitrogens with zero attached hydrogens (tertiary/aromatic N) is 2. The summed E-state index contributed by atoms with van der Waals surface area (Å²) >= 11 is 5.89. The summed E-state index contributed by atoms with van der Waals surface area (Å²) in [6, 6.07) is 2.55. The number of hydrogen-bond donors (Lipinski definition) is 2. The van der Waals surface area contributed by atoms with Crippen molar-refractivity contribution in [1.29, 1.82) is 0 Å². The van der Waals surface area contributed by atoms with Crippen molar-refractivity contribution in [3.63, 3.8) is 0 Å². The van der Waals surface area contributed by atoms with Crippen LogP contribution in [0.2, 0.25) is 5.15 Å². The van der Waals surface area contributed by atoms with Crippen LogP contribution in [0.15, 0.2) is 18.3 Å². The van der Waals surface area contributed by atoms with Crippen molar-refractivity contribution in [2.45, 2.75) is 12.5 Å². The first-order valence-corrected chi connectivity index (χ1v) is 7.38. The number of halogens is 1. The van der Waals surface area contributed by atoms with Gasteiger partial charge in [0, 0.05) is 19.3 Å². The van der Waals surface area contributed by atoms with Crippen LogP contribution in [0.3, 0.4) is 0 Å². The van der Waals surface area contributed by atoms with Gasteiger partial charge >= 0.3 is 5.97 Å². The lowest BCUT2D eigenvalue weighted by Gasteiger charge is -2.33. The van der Waals surface area contributed by atoms with Gasteiger partial charge in [-0.1, -0.05) is 11.6 Å². The minimum absolute atomic E-state index is 0.0414. The van der Waals surface area contributed by atoms with E-state index in [0.29, 0.717) is 18.8 Å². The van der Waals surface area contributed by atoms with Crippen LogP contribution >= 0.6 is 11.6 Å². The second-order valence-electron chi connectivity index (χ2n) is 4.95. The van der Waals surface area contributed by atoms with Gasteiger partial charge in [-0.05, 0) is 12.1 Å². The van der Waals surface area contributed by atoms with Crippen LogP contribution in [0.25, 0.3) is 0 Å². The molecular weight excluding hydrogens is 324 g/mol. The van der Waals surface area contributed by atoms with Gasteiger partial charge in [0.2, 0.25) is 11.8 Å². The summed E-state index contributed by atoms with van der Waals surface area (Å²) in [6.07, 6.45) is 1.41. The van der Waals surface area contributed by atoms with Gasteiger partial charge in [-0.25, -0.2) is 4.98 Å². The van der Waals surface area contributed by atoms with Gasteiger partial charge in [0.15, 0.2) is 5.15 Å². The number of nitrogens with one attached hydrogen (secondary N) is 2. The average Bonchev–Trinajstić information content (AvgIpc) is 2.52. The van der Waals surface area contributed by atoms with Crippen molar-refractivity contribution < 1.29 is 19.1 Å². The summed E-state index contributed by atoms with van der Waals surface area (Å²) in [4.78, 5) is 41.0. The number of anilines is 1. The van der Waals surface area contributed by atoms with E-state index in [2.05, 4.69) is 20.4 Å². The van der Waals surface area contributed by atoms with Gasteiger partial charge in [0.1, 0.15) is 6.04 Å². The molecule has 1 aromatic rings. The summed E-state index contributed by atoms with van der Waals surface area (Å²) in [7, 11) is 1.25. The Hall–Kier alpha value is -2.19. The number of esters is 1. The van der Waals surface area contributed by atoms with Gasteiger partial charge in [-0.2, -0.15) is 0 Å². The molecule has 124 valence electrons. The van der Waals surface area contributed by atoms with Crippen LogP contribution in [-0.2, 0) is 19.1 Å². The highest BCUT2D eigenvalue weighted by atomic mass is 35.5. The fourth-order valence-electron chi connectivity index (χ4n) is 2.27. The number of pyridine rings is 1. The van der Waals surface area contributed by atoms with Crippen LogP contribution in [0.1, 0.15) is 6.42 Å². The molecule has 0 saturated carbocycles. The number of rotatable bonds is 5. The van der Waals surface area contributed by atoms with Gasteiger partial charge in [0.25, 0.3) is 0 Å². The number of methoxy groups -OCH3 is 1. The largest absolute Gasteiger partial charge is 0.469 e. The highest BCUT2D eigenvalue weighted by molar-refractivity contribution is 6.32. The van der Waals surface area contributed by atoms with E-state index in [9.17, 15) is 14.4 Å². The monoisotopic (exact) mass is 340 g/mol. The van der Waals surface area contributed by atoms with Gasteiger partial charge in [-0.3, -0.25) is 19.3 Å². The summed E-state index contributed by atoms with van der Waals surface area (Å²) in [5.41, 5.74) is 0.394. The molecule has 0 unspecified atom stereocenters. The third-order valence-electron chi connectivity index (χ3n) is 3.41. The Balaban J connectivity index is 2.01. The average molecular weight is 341 g/mol. The van der Waals surface area contributed by atoms with Gasteiger partial charge in [0.05, 0.1) is 25.8 Å². The number of piperazine rings is 1. The van der Waals surface area contributed by atoms with Crippen LogP contribution in [0, 0.1) is 0 Å². The first kappa shape index (κ1) is 17.2. The molecule has 1 aliphatic rings. The summed E-state index contributed by atoms with van der Waals surface area (Å²) in [6.45, 7) is 0.833. The van der Waals surface area contributed by atoms with E-state index in [-0.39, 0.29) is 29.9 Å². The van der Waals surface area contributed by atoms with Crippen molar-refractivity contribution in [3.05, 3.63) is 23.5 Å². The molecule has 0 radical (unpaired) electrons. The Morgan fingerprint density at radius 2 is 2.35 bits per heavy atom. The fourth-order valence-corrected chi connectivity index (χ4v) is 2.43. The molecule has 2 heterocycles. The summed E-state index contributed by atoms with van der Waals surface area (Å²) in [5.74, 6) is -1.15. The third-order valence-corrected chi connectivity index (χ3v) is 3.71. The Morgan fingerprint density at radius 1 is 1.57 bits per heavy atom. The van der Waals surface area contributed by atoms with Crippen molar-refractivity contribution in [1.82, 2.24) is 15.2 Å². The molecule has 1 fully saturated rings. The smallest absolute Gasteiger partial charge is 0.307 e. The Kier molecular flexibility index (Phi) is 5.89. The molecule has 1 atom stereocenters. The van der Waals surface area contributed by atoms with Crippen LogP contribution in [0.4, 0.5) is 5.69 Å². The van der Waals surface area contributed by atoms with Gasteiger partial charge in [-0.15, -0.1) is 0 Å². The number of carbonyl (C=O) groups excluding carboxylic acids is 3. The Morgan fingerprint density at radius 3 is 3.04 bits per heavy atom. The lowest BCUT2D eigenvalue weighted by atomic mass is 10.1. The summed E-state index contributed by atoms with van der Waals surface area (Å²) in [5, 5.41) is 5.49. The molecule has 2 amide bonds. The molecule has 2 rings (SSSR count). The molecule has 9 heteroatoms.